The molecule has 0 aliphatic carbocycles. The number of nitrogens with two attached hydrogens (primary N) is 1. The van der Waals surface area contributed by atoms with Crippen LogP contribution in [0.1, 0.15) is 17.2 Å². The van der Waals surface area contributed by atoms with Crippen LogP contribution in [0.15, 0.2) is 33.4 Å². The van der Waals surface area contributed by atoms with E-state index in [0.717, 1.165) is 0 Å². The standard InChI is InChI=1S/C11H8BrF2NS.ClH/c12-7-1-2-8(13)9(10(7)14)11(15)6-3-4-16-5-6;/h1-5,11H,15H2;1H/t11-;/m0./s1. The van der Waals surface area contributed by atoms with Gasteiger partial charge in [0.25, 0.3) is 0 Å². The Morgan fingerprint density at radius 1 is 1.24 bits per heavy atom. The molecule has 0 aliphatic heterocycles. The molecule has 0 spiro atoms. The normalized spacial score (nSPS) is 12.0. The van der Waals surface area contributed by atoms with Gasteiger partial charge in [-0.3, -0.25) is 0 Å². The predicted molar refractivity (Wildman–Crippen MR) is 71.7 cm³/mol. The zero-order chi connectivity index (χ0) is 11.7. The Hall–Kier alpha value is -0.490. The molecule has 1 aromatic heterocycles. The van der Waals surface area contributed by atoms with Crippen molar-refractivity contribution in [3.63, 3.8) is 0 Å². The van der Waals surface area contributed by atoms with Crippen LogP contribution in [0.3, 0.4) is 0 Å². The van der Waals surface area contributed by atoms with Crippen LogP contribution >= 0.6 is 39.7 Å². The maximum Gasteiger partial charge on any atom is 0.145 e. The van der Waals surface area contributed by atoms with E-state index < -0.39 is 17.7 Å². The van der Waals surface area contributed by atoms with Gasteiger partial charge in [-0.2, -0.15) is 11.3 Å². The predicted octanol–water partition coefficient (Wildman–Crippen LogP) is 4.26. The Balaban J connectivity index is 0.00000144. The molecule has 0 amide bonds. The smallest absolute Gasteiger partial charge is 0.145 e. The number of rotatable bonds is 2. The molecule has 2 N–H and O–H groups in total. The van der Waals surface area contributed by atoms with Crippen LogP contribution in [0.2, 0.25) is 0 Å². The van der Waals surface area contributed by atoms with E-state index in [-0.39, 0.29) is 22.4 Å². The monoisotopic (exact) mass is 339 g/mol. The van der Waals surface area contributed by atoms with Gasteiger partial charge in [-0.15, -0.1) is 12.4 Å². The molecule has 92 valence electrons. The highest BCUT2D eigenvalue weighted by Crippen LogP contribution is 2.29. The highest BCUT2D eigenvalue weighted by Gasteiger charge is 2.20. The zero-order valence-electron chi connectivity index (χ0n) is 8.49. The van der Waals surface area contributed by atoms with E-state index >= 15 is 0 Å². The number of benzene rings is 1. The molecule has 0 saturated carbocycles. The molecule has 0 radical (unpaired) electrons. The lowest BCUT2D eigenvalue weighted by atomic mass is 10.0. The molecule has 1 heterocycles. The van der Waals surface area contributed by atoms with Gasteiger partial charge in [0.2, 0.25) is 0 Å². The molecule has 6 heteroatoms. The second-order valence-corrected chi connectivity index (χ2v) is 4.93. The summed E-state index contributed by atoms with van der Waals surface area (Å²) >= 11 is 4.46. The van der Waals surface area contributed by atoms with Gasteiger partial charge < -0.3 is 5.73 Å². The van der Waals surface area contributed by atoms with Crippen molar-refractivity contribution in [3.05, 3.63) is 56.2 Å². The maximum atomic E-state index is 13.7. The highest BCUT2D eigenvalue weighted by atomic mass is 79.9. The van der Waals surface area contributed by atoms with E-state index in [1.165, 1.54) is 23.5 Å². The zero-order valence-corrected chi connectivity index (χ0v) is 11.7. The van der Waals surface area contributed by atoms with Gasteiger partial charge in [-0.25, -0.2) is 8.78 Å². The molecule has 2 aromatic rings. The molecule has 0 fully saturated rings. The second-order valence-electron chi connectivity index (χ2n) is 3.29. The van der Waals surface area contributed by atoms with E-state index in [4.69, 9.17) is 5.73 Å². The van der Waals surface area contributed by atoms with Crippen LogP contribution in [0.25, 0.3) is 0 Å². The lowest BCUT2D eigenvalue weighted by Gasteiger charge is -2.13. The minimum atomic E-state index is -0.774. The first kappa shape index (κ1) is 14.6. The lowest BCUT2D eigenvalue weighted by molar-refractivity contribution is 0.539. The van der Waals surface area contributed by atoms with Gasteiger partial charge in [0, 0.05) is 5.56 Å². The SMILES string of the molecule is Cl.N[C@@H](c1ccsc1)c1c(F)ccc(Br)c1F. The average Bonchev–Trinajstić information content (AvgIpc) is 2.77. The molecule has 0 bridgehead atoms. The summed E-state index contributed by atoms with van der Waals surface area (Å²) in [4.78, 5) is 0. The van der Waals surface area contributed by atoms with Crippen molar-refractivity contribution in [1.29, 1.82) is 0 Å². The number of hydrogen-bond acceptors (Lipinski definition) is 2. The molecule has 2 rings (SSSR count). The van der Waals surface area contributed by atoms with Crippen LogP contribution in [-0.4, -0.2) is 0 Å². The summed E-state index contributed by atoms with van der Waals surface area (Å²) in [6.45, 7) is 0. The number of thiophene rings is 1. The summed E-state index contributed by atoms with van der Waals surface area (Å²) in [5, 5.41) is 3.60. The van der Waals surface area contributed by atoms with E-state index in [0.29, 0.717) is 5.56 Å². The van der Waals surface area contributed by atoms with Crippen molar-refractivity contribution in [2.24, 2.45) is 5.73 Å². The molecule has 1 aromatic carbocycles. The van der Waals surface area contributed by atoms with E-state index in [1.54, 1.807) is 11.4 Å². The fourth-order valence-corrected chi connectivity index (χ4v) is 2.49. The van der Waals surface area contributed by atoms with Crippen LogP contribution in [0.4, 0.5) is 8.78 Å². The molecule has 17 heavy (non-hydrogen) atoms. The van der Waals surface area contributed by atoms with Crippen molar-refractivity contribution in [2.75, 3.05) is 0 Å². The minimum Gasteiger partial charge on any atom is -0.320 e. The number of hydrogen-bond donors (Lipinski definition) is 1. The van der Waals surface area contributed by atoms with Crippen LogP contribution in [-0.2, 0) is 0 Å². The molecule has 1 nitrogen and oxygen atoms in total. The fourth-order valence-electron chi connectivity index (χ4n) is 1.45. The van der Waals surface area contributed by atoms with Crippen LogP contribution in [0, 0.1) is 11.6 Å². The van der Waals surface area contributed by atoms with Crippen molar-refractivity contribution >= 4 is 39.7 Å². The molecule has 0 unspecified atom stereocenters. The van der Waals surface area contributed by atoms with Gasteiger partial charge in [-0.1, -0.05) is 0 Å². The Bertz CT molecular complexity index is 504. The topological polar surface area (TPSA) is 26.0 Å². The third-order valence-corrected chi connectivity index (χ3v) is 3.61. The summed E-state index contributed by atoms with van der Waals surface area (Å²) in [6, 6.07) is 3.52. The highest BCUT2D eigenvalue weighted by molar-refractivity contribution is 9.10. The molecular weight excluding hydrogens is 332 g/mol. The third-order valence-electron chi connectivity index (χ3n) is 2.29. The largest absolute Gasteiger partial charge is 0.320 e. The van der Waals surface area contributed by atoms with Gasteiger partial charge in [0.15, 0.2) is 0 Å². The van der Waals surface area contributed by atoms with Crippen molar-refractivity contribution in [3.8, 4) is 0 Å². The van der Waals surface area contributed by atoms with E-state index in [2.05, 4.69) is 15.9 Å². The maximum absolute atomic E-state index is 13.7. The fraction of sp³-hybridized carbons (Fsp3) is 0.0909. The van der Waals surface area contributed by atoms with Gasteiger partial charge in [-0.05, 0) is 50.5 Å². The Morgan fingerprint density at radius 3 is 2.53 bits per heavy atom. The van der Waals surface area contributed by atoms with E-state index in [1.807, 2.05) is 5.38 Å². The Morgan fingerprint density at radius 2 is 1.94 bits per heavy atom. The van der Waals surface area contributed by atoms with Gasteiger partial charge in [0.05, 0.1) is 10.5 Å². The lowest BCUT2D eigenvalue weighted by Crippen LogP contribution is -2.15. The summed E-state index contributed by atoms with van der Waals surface area (Å²) in [7, 11) is 0. The first-order valence-electron chi connectivity index (χ1n) is 4.52. The van der Waals surface area contributed by atoms with Gasteiger partial charge >= 0.3 is 0 Å². The van der Waals surface area contributed by atoms with Crippen molar-refractivity contribution in [2.45, 2.75) is 6.04 Å². The summed E-state index contributed by atoms with van der Waals surface area (Å²) in [6.07, 6.45) is 0. The Kier molecular flexibility index (Phi) is 5.06. The summed E-state index contributed by atoms with van der Waals surface area (Å²) in [5.74, 6) is -1.27. The first-order valence-corrected chi connectivity index (χ1v) is 6.26. The number of halogens is 4. The third kappa shape index (κ3) is 2.85. The average molecular weight is 341 g/mol. The Labute approximate surface area is 116 Å². The van der Waals surface area contributed by atoms with E-state index in [9.17, 15) is 8.78 Å². The molecule has 0 saturated heterocycles. The van der Waals surface area contributed by atoms with Crippen molar-refractivity contribution < 1.29 is 8.78 Å². The molecule has 0 aliphatic rings. The first-order chi connectivity index (χ1) is 7.61. The quantitative estimate of drug-likeness (QED) is 0.812. The van der Waals surface area contributed by atoms with Gasteiger partial charge in [0.1, 0.15) is 11.6 Å². The van der Waals surface area contributed by atoms with Crippen LogP contribution in [0.5, 0.6) is 0 Å². The van der Waals surface area contributed by atoms with Crippen molar-refractivity contribution in [1.82, 2.24) is 0 Å². The molecule has 1 atom stereocenters. The summed E-state index contributed by atoms with van der Waals surface area (Å²) < 4.78 is 27.5. The second kappa shape index (κ2) is 5.91. The minimum absolute atomic E-state index is 0. The van der Waals surface area contributed by atoms with Crippen LogP contribution < -0.4 is 5.73 Å². The summed E-state index contributed by atoms with van der Waals surface area (Å²) in [5.41, 5.74) is 6.44. The molecular formula is C11H9BrClF2NS.